The van der Waals surface area contributed by atoms with Crippen LogP contribution in [-0.2, 0) is 18.9 Å². The largest absolute Gasteiger partial charge is 0.326 e. The Labute approximate surface area is 79.0 Å². The van der Waals surface area contributed by atoms with Gasteiger partial charge < -0.3 is 4.89 Å². The highest BCUT2D eigenvalue weighted by molar-refractivity contribution is 7.92. The molecular weight excluding hydrogens is 215 g/mol. The van der Waals surface area contributed by atoms with Crippen LogP contribution in [0.5, 0.6) is 0 Å². The van der Waals surface area contributed by atoms with Crippen LogP contribution in [0.2, 0.25) is 0 Å². The van der Waals surface area contributed by atoms with Gasteiger partial charge in [-0.15, -0.1) is 0 Å². The van der Waals surface area contributed by atoms with Crippen molar-refractivity contribution in [3.63, 3.8) is 0 Å². The molecule has 0 radical (unpaired) electrons. The lowest BCUT2D eigenvalue weighted by Crippen LogP contribution is -2.37. The fourth-order valence-electron chi connectivity index (χ4n) is 1.15. The lowest BCUT2D eigenvalue weighted by atomic mass is 10.2. The molecule has 0 heterocycles. The molecule has 0 aromatic heterocycles. The number of rotatable bonds is 5. The lowest BCUT2D eigenvalue weighted by molar-refractivity contribution is 0.136. The molecule has 0 aliphatic carbocycles. The molecule has 0 fully saturated rings. The molecule has 0 saturated carbocycles. The Morgan fingerprint density at radius 3 is 1.85 bits per heavy atom. The molecule has 0 aliphatic rings. The maximum atomic E-state index is 11.3. The molecule has 0 rings (SSSR count). The molecule has 1 unspecified atom stereocenters. The van der Waals surface area contributed by atoms with E-state index in [0.29, 0.717) is 0 Å². The predicted octanol–water partition coefficient (Wildman–Crippen LogP) is 0.946. The van der Waals surface area contributed by atoms with Crippen LogP contribution in [0.1, 0.15) is 26.7 Å². The third-order valence-corrected chi connectivity index (χ3v) is 4.75. The van der Waals surface area contributed by atoms with Crippen molar-refractivity contribution in [1.29, 1.82) is 0 Å². The summed E-state index contributed by atoms with van der Waals surface area (Å²) in [6.45, 7) is 3.21. The summed E-state index contributed by atoms with van der Waals surface area (Å²) in [5, 5.41) is 0. The molecular formula is C6H15O5PS. The smallest absolute Gasteiger partial charge is 0.318 e. The van der Waals surface area contributed by atoms with Gasteiger partial charge in [-0.25, -0.2) is 8.42 Å². The Kier molecular flexibility index (Phi) is 4.59. The van der Waals surface area contributed by atoms with Crippen molar-refractivity contribution in [2.24, 2.45) is 0 Å². The summed E-state index contributed by atoms with van der Waals surface area (Å²) in [4.78, 5) is 7.07. The molecule has 0 aromatic carbocycles. The molecule has 0 aromatic rings. The van der Waals surface area contributed by atoms with Crippen LogP contribution in [-0.4, -0.2) is 24.5 Å². The molecule has 1 atom stereocenters. The summed E-state index contributed by atoms with van der Waals surface area (Å²) in [5.41, 5.74) is 0. The van der Waals surface area contributed by atoms with E-state index >= 15 is 0 Å². The van der Waals surface area contributed by atoms with Gasteiger partial charge in [0.1, 0.15) is 0 Å². The quantitative estimate of drug-likeness (QED) is 0.711. The highest BCUT2D eigenvalue weighted by Gasteiger charge is 2.39. The SMILES string of the molecule is CCC(CC)(O[PH](=O)O)S(C)(=O)=O. The topological polar surface area (TPSA) is 80.7 Å². The molecule has 13 heavy (non-hydrogen) atoms. The highest BCUT2D eigenvalue weighted by atomic mass is 32.2. The van der Waals surface area contributed by atoms with Crippen molar-refractivity contribution in [2.75, 3.05) is 6.26 Å². The zero-order chi connectivity index (χ0) is 10.7. The summed E-state index contributed by atoms with van der Waals surface area (Å²) >= 11 is 0. The molecule has 0 saturated heterocycles. The van der Waals surface area contributed by atoms with Gasteiger partial charge in [0.05, 0.1) is 0 Å². The Balaban J connectivity index is 5.04. The van der Waals surface area contributed by atoms with E-state index in [1.807, 2.05) is 0 Å². The van der Waals surface area contributed by atoms with Crippen LogP contribution in [0.25, 0.3) is 0 Å². The van der Waals surface area contributed by atoms with Crippen molar-refractivity contribution in [2.45, 2.75) is 31.6 Å². The van der Waals surface area contributed by atoms with Crippen LogP contribution in [0.3, 0.4) is 0 Å². The van der Waals surface area contributed by atoms with Crippen molar-refractivity contribution in [3.8, 4) is 0 Å². The number of hydrogen-bond acceptors (Lipinski definition) is 4. The second kappa shape index (κ2) is 4.55. The standard InChI is InChI=1S/C6H15O5PS/c1-4-6(5-2,11-12(7)8)13(3,9)10/h12H,4-5H2,1-3H3,(H,7,8). The lowest BCUT2D eigenvalue weighted by Gasteiger charge is -2.27. The fourth-order valence-corrected chi connectivity index (χ4v) is 3.63. The van der Waals surface area contributed by atoms with Crippen molar-refractivity contribution >= 4 is 18.1 Å². The molecule has 7 heteroatoms. The van der Waals surface area contributed by atoms with E-state index in [-0.39, 0.29) is 12.8 Å². The van der Waals surface area contributed by atoms with Gasteiger partial charge in [0, 0.05) is 6.26 Å². The Morgan fingerprint density at radius 1 is 1.38 bits per heavy atom. The Bertz CT molecular complexity index is 279. The third-order valence-electron chi connectivity index (χ3n) is 2.03. The summed E-state index contributed by atoms with van der Waals surface area (Å²) in [5.74, 6) is 0. The van der Waals surface area contributed by atoms with Crippen LogP contribution >= 0.6 is 8.25 Å². The van der Waals surface area contributed by atoms with E-state index in [9.17, 15) is 13.0 Å². The van der Waals surface area contributed by atoms with Gasteiger partial charge in [-0.3, -0.25) is 9.09 Å². The Hall–Kier alpha value is 0.100. The Morgan fingerprint density at radius 2 is 1.77 bits per heavy atom. The first-order valence-corrected chi connectivity index (χ1v) is 7.06. The summed E-state index contributed by atoms with van der Waals surface area (Å²) in [6, 6.07) is 0. The van der Waals surface area contributed by atoms with E-state index in [4.69, 9.17) is 4.89 Å². The zero-order valence-electron chi connectivity index (χ0n) is 7.90. The monoisotopic (exact) mass is 230 g/mol. The summed E-state index contributed by atoms with van der Waals surface area (Å²) in [7, 11) is -6.71. The molecule has 0 spiro atoms. The van der Waals surface area contributed by atoms with E-state index in [2.05, 4.69) is 4.52 Å². The molecule has 80 valence electrons. The maximum Gasteiger partial charge on any atom is 0.318 e. The van der Waals surface area contributed by atoms with Crippen LogP contribution in [0.15, 0.2) is 0 Å². The van der Waals surface area contributed by atoms with Gasteiger partial charge in [-0.2, -0.15) is 0 Å². The first-order valence-electron chi connectivity index (χ1n) is 3.90. The minimum Gasteiger partial charge on any atom is -0.326 e. The number of hydrogen-bond donors (Lipinski definition) is 1. The van der Waals surface area contributed by atoms with Crippen LogP contribution in [0, 0.1) is 0 Å². The maximum absolute atomic E-state index is 11.3. The minimum absolute atomic E-state index is 0.166. The van der Waals surface area contributed by atoms with Gasteiger partial charge >= 0.3 is 8.25 Å². The van der Waals surface area contributed by atoms with E-state index in [1.165, 1.54) is 0 Å². The van der Waals surface area contributed by atoms with Crippen LogP contribution in [0.4, 0.5) is 0 Å². The van der Waals surface area contributed by atoms with E-state index < -0.39 is 23.0 Å². The van der Waals surface area contributed by atoms with Gasteiger partial charge in [-0.1, -0.05) is 13.8 Å². The summed E-state index contributed by atoms with van der Waals surface area (Å²) < 4.78 is 37.7. The molecule has 0 amide bonds. The molecule has 5 nitrogen and oxygen atoms in total. The van der Waals surface area contributed by atoms with Crippen LogP contribution < -0.4 is 0 Å². The van der Waals surface area contributed by atoms with Crippen molar-refractivity contribution in [3.05, 3.63) is 0 Å². The summed E-state index contributed by atoms with van der Waals surface area (Å²) in [6.07, 6.45) is 1.34. The van der Waals surface area contributed by atoms with Crippen molar-refractivity contribution < 1.29 is 22.4 Å². The highest BCUT2D eigenvalue weighted by Crippen LogP contribution is 2.35. The zero-order valence-corrected chi connectivity index (χ0v) is 9.72. The van der Waals surface area contributed by atoms with Gasteiger partial charge in [0.2, 0.25) is 0 Å². The first-order chi connectivity index (χ1) is 5.79. The number of sulfone groups is 1. The minimum atomic E-state index is -3.48. The molecule has 1 N–H and O–H groups in total. The predicted molar refractivity (Wildman–Crippen MR) is 50.5 cm³/mol. The molecule has 0 aliphatic heterocycles. The second-order valence-corrected chi connectivity index (χ2v) is 5.78. The van der Waals surface area contributed by atoms with Gasteiger partial charge in [-0.05, 0) is 12.8 Å². The third kappa shape index (κ3) is 3.06. The normalized spacial score (nSPS) is 15.7. The molecule has 0 bridgehead atoms. The average molecular weight is 230 g/mol. The van der Waals surface area contributed by atoms with Gasteiger partial charge in [0.25, 0.3) is 0 Å². The van der Waals surface area contributed by atoms with E-state index in [1.54, 1.807) is 13.8 Å². The fraction of sp³-hybridized carbons (Fsp3) is 1.00. The first kappa shape index (κ1) is 13.1. The average Bonchev–Trinajstić information content (AvgIpc) is 1.97. The van der Waals surface area contributed by atoms with Gasteiger partial charge in [0.15, 0.2) is 14.8 Å². The second-order valence-electron chi connectivity index (χ2n) is 2.76. The van der Waals surface area contributed by atoms with Crippen molar-refractivity contribution in [1.82, 2.24) is 0 Å². The van der Waals surface area contributed by atoms with E-state index in [0.717, 1.165) is 6.26 Å².